The largest absolute Gasteiger partial charge is 0.411 e. The Hall–Kier alpha value is -1.96. The monoisotopic (exact) mass is 182 g/mol. The highest BCUT2D eigenvalue weighted by Gasteiger charge is 2.08. The minimum atomic E-state index is -0.936. The van der Waals surface area contributed by atoms with Crippen LogP contribution in [0, 0.1) is 23.0 Å². The summed E-state index contributed by atoms with van der Waals surface area (Å²) in [6.45, 7) is 0. The first-order valence-electron chi connectivity index (χ1n) is 3.25. The van der Waals surface area contributed by atoms with E-state index in [1.165, 1.54) is 0 Å². The van der Waals surface area contributed by atoms with Crippen LogP contribution in [0.5, 0.6) is 0 Å². The highest BCUT2D eigenvalue weighted by atomic mass is 19.1. The molecule has 0 amide bonds. The van der Waals surface area contributed by atoms with Gasteiger partial charge in [-0.1, -0.05) is 5.16 Å². The Labute approximate surface area is 72.5 Å². The Morgan fingerprint density at radius 3 is 2.31 bits per heavy atom. The molecule has 0 spiro atoms. The standard InChI is InChI=1S/C8H4F2N2O/c9-7-1-5(3-11)2-8(10)6(7)4-12-13/h1-2,4,13H/b12-4-. The van der Waals surface area contributed by atoms with E-state index in [2.05, 4.69) is 5.16 Å². The molecule has 0 radical (unpaired) electrons. The lowest BCUT2D eigenvalue weighted by Gasteiger charge is -1.97. The normalized spacial score (nSPS) is 10.2. The molecular weight excluding hydrogens is 178 g/mol. The van der Waals surface area contributed by atoms with E-state index >= 15 is 0 Å². The molecule has 0 unspecified atom stereocenters. The molecule has 0 saturated carbocycles. The maximum absolute atomic E-state index is 12.9. The highest BCUT2D eigenvalue weighted by molar-refractivity contribution is 5.80. The van der Waals surface area contributed by atoms with Crippen LogP contribution >= 0.6 is 0 Å². The van der Waals surface area contributed by atoms with Crippen molar-refractivity contribution >= 4 is 6.21 Å². The van der Waals surface area contributed by atoms with Crippen LogP contribution in [-0.4, -0.2) is 11.4 Å². The van der Waals surface area contributed by atoms with Gasteiger partial charge in [0.25, 0.3) is 0 Å². The molecule has 0 heterocycles. The number of hydrogen-bond acceptors (Lipinski definition) is 3. The van der Waals surface area contributed by atoms with Crippen molar-refractivity contribution in [2.24, 2.45) is 5.16 Å². The van der Waals surface area contributed by atoms with Crippen LogP contribution in [0.3, 0.4) is 0 Å². The van der Waals surface area contributed by atoms with Gasteiger partial charge in [0, 0.05) is 0 Å². The molecule has 1 N–H and O–H groups in total. The fourth-order valence-electron chi connectivity index (χ4n) is 0.830. The van der Waals surface area contributed by atoms with Gasteiger partial charge < -0.3 is 5.21 Å². The Bertz CT molecular complexity index is 373. The molecule has 0 saturated heterocycles. The second-order valence-corrected chi connectivity index (χ2v) is 2.21. The predicted octanol–water partition coefficient (Wildman–Crippen LogP) is 1.64. The topological polar surface area (TPSA) is 56.4 Å². The number of nitrogens with zero attached hydrogens (tertiary/aromatic N) is 2. The molecule has 0 aliphatic carbocycles. The van der Waals surface area contributed by atoms with Gasteiger partial charge in [0.2, 0.25) is 0 Å². The molecule has 0 atom stereocenters. The quantitative estimate of drug-likeness (QED) is 0.407. The molecular formula is C8H4F2N2O. The van der Waals surface area contributed by atoms with Crippen LogP contribution in [0.2, 0.25) is 0 Å². The highest BCUT2D eigenvalue weighted by Crippen LogP contribution is 2.12. The van der Waals surface area contributed by atoms with Crippen LogP contribution in [0.4, 0.5) is 8.78 Å². The fraction of sp³-hybridized carbons (Fsp3) is 0. The summed E-state index contributed by atoms with van der Waals surface area (Å²) in [7, 11) is 0. The number of oxime groups is 1. The van der Waals surface area contributed by atoms with E-state index in [4.69, 9.17) is 10.5 Å². The lowest BCUT2D eigenvalue weighted by Crippen LogP contribution is -1.95. The van der Waals surface area contributed by atoms with Gasteiger partial charge in [0.05, 0.1) is 23.4 Å². The van der Waals surface area contributed by atoms with Crippen molar-refractivity contribution in [1.82, 2.24) is 0 Å². The third-order valence-corrected chi connectivity index (χ3v) is 1.39. The molecule has 1 aromatic carbocycles. The smallest absolute Gasteiger partial charge is 0.136 e. The maximum atomic E-state index is 12.9. The fourth-order valence-corrected chi connectivity index (χ4v) is 0.830. The number of nitriles is 1. The summed E-state index contributed by atoms with van der Waals surface area (Å²) in [6.07, 6.45) is 0.631. The van der Waals surface area contributed by atoms with Crippen LogP contribution in [0.15, 0.2) is 17.3 Å². The number of hydrogen-bond donors (Lipinski definition) is 1. The average molecular weight is 182 g/mol. The van der Waals surface area contributed by atoms with Gasteiger partial charge in [-0.2, -0.15) is 5.26 Å². The average Bonchev–Trinajstić information content (AvgIpc) is 2.11. The second-order valence-electron chi connectivity index (χ2n) is 2.21. The Morgan fingerprint density at radius 1 is 1.38 bits per heavy atom. The molecule has 0 aliphatic rings. The van der Waals surface area contributed by atoms with E-state index < -0.39 is 17.2 Å². The van der Waals surface area contributed by atoms with Crippen LogP contribution < -0.4 is 0 Å². The number of benzene rings is 1. The zero-order valence-corrected chi connectivity index (χ0v) is 6.33. The van der Waals surface area contributed by atoms with Crippen molar-refractivity contribution in [2.75, 3.05) is 0 Å². The molecule has 5 heteroatoms. The van der Waals surface area contributed by atoms with Gasteiger partial charge in [-0.05, 0) is 12.1 Å². The third-order valence-electron chi connectivity index (χ3n) is 1.39. The number of rotatable bonds is 1. The summed E-state index contributed by atoms with van der Waals surface area (Å²) < 4.78 is 25.8. The molecule has 1 aromatic rings. The van der Waals surface area contributed by atoms with Gasteiger partial charge in [-0.3, -0.25) is 0 Å². The van der Waals surface area contributed by atoms with E-state index in [9.17, 15) is 8.78 Å². The third kappa shape index (κ3) is 1.79. The molecule has 0 aromatic heterocycles. The lowest BCUT2D eigenvalue weighted by molar-refractivity contribution is 0.321. The molecule has 66 valence electrons. The van der Waals surface area contributed by atoms with E-state index in [-0.39, 0.29) is 5.56 Å². The van der Waals surface area contributed by atoms with Crippen molar-refractivity contribution < 1.29 is 14.0 Å². The van der Waals surface area contributed by atoms with Gasteiger partial charge in [0.1, 0.15) is 11.6 Å². The van der Waals surface area contributed by atoms with Crippen molar-refractivity contribution in [3.05, 3.63) is 34.9 Å². The van der Waals surface area contributed by atoms with Gasteiger partial charge in [0.15, 0.2) is 0 Å². The van der Waals surface area contributed by atoms with Crippen molar-refractivity contribution in [2.45, 2.75) is 0 Å². The lowest BCUT2D eigenvalue weighted by atomic mass is 10.1. The summed E-state index contributed by atoms with van der Waals surface area (Å²) in [5.74, 6) is -1.87. The van der Waals surface area contributed by atoms with Crippen LogP contribution in [-0.2, 0) is 0 Å². The van der Waals surface area contributed by atoms with Crippen molar-refractivity contribution in [3.63, 3.8) is 0 Å². The predicted molar refractivity (Wildman–Crippen MR) is 40.5 cm³/mol. The maximum Gasteiger partial charge on any atom is 0.136 e. The van der Waals surface area contributed by atoms with E-state index in [1.54, 1.807) is 6.07 Å². The Morgan fingerprint density at radius 2 is 1.92 bits per heavy atom. The summed E-state index contributed by atoms with van der Waals surface area (Å²) in [5, 5.41) is 18.9. The molecule has 0 aliphatic heterocycles. The molecule has 0 bridgehead atoms. The first kappa shape index (κ1) is 9.13. The minimum absolute atomic E-state index is 0.120. The summed E-state index contributed by atoms with van der Waals surface area (Å²) in [4.78, 5) is 0. The Kier molecular flexibility index (Phi) is 2.55. The van der Waals surface area contributed by atoms with E-state index in [0.717, 1.165) is 12.1 Å². The minimum Gasteiger partial charge on any atom is -0.411 e. The molecule has 3 nitrogen and oxygen atoms in total. The van der Waals surface area contributed by atoms with Gasteiger partial charge in [-0.25, -0.2) is 8.78 Å². The first-order valence-corrected chi connectivity index (χ1v) is 3.25. The van der Waals surface area contributed by atoms with Gasteiger partial charge in [-0.15, -0.1) is 0 Å². The first-order chi connectivity index (χ1) is 6.19. The van der Waals surface area contributed by atoms with Crippen molar-refractivity contribution in [3.8, 4) is 6.07 Å². The SMILES string of the molecule is N#Cc1cc(F)c(/C=N\O)c(F)c1. The Balaban J connectivity index is 3.33. The van der Waals surface area contributed by atoms with Crippen LogP contribution in [0.1, 0.15) is 11.1 Å². The summed E-state index contributed by atoms with van der Waals surface area (Å²) >= 11 is 0. The molecule has 1 rings (SSSR count). The summed E-state index contributed by atoms with van der Waals surface area (Å²) in [6, 6.07) is 3.31. The van der Waals surface area contributed by atoms with Crippen LogP contribution in [0.25, 0.3) is 0 Å². The zero-order chi connectivity index (χ0) is 9.84. The second kappa shape index (κ2) is 3.63. The van der Waals surface area contributed by atoms with Gasteiger partial charge >= 0.3 is 0 Å². The van der Waals surface area contributed by atoms with E-state index in [1.807, 2.05) is 0 Å². The molecule has 0 fully saturated rings. The van der Waals surface area contributed by atoms with E-state index in [0.29, 0.717) is 6.21 Å². The number of halogens is 2. The van der Waals surface area contributed by atoms with Crippen molar-refractivity contribution in [1.29, 1.82) is 5.26 Å². The zero-order valence-electron chi connectivity index (χ0n) is 6.33. The summed E-state index contributed by atoms with van der Waals surface area (Å²) in [5.41, 5.74) is -0.591. The molecule has 13 heavy (non-hydrogen) atoms.